The average Bonchev–Trinajstić information content (AvgIpc) is 3.22. The molecule has 0 aliphatic rings. The van der Waals surface area contributed by atoms with Crippen molar-refractivity contribution in [3.8, 4) is 0 Å². The third-order valence-corrected chi connectivity index (χ3v) is 10.0. The Labute approximate surface area is 371 Å². The van der Waals surface area contributed by atoms with E-state index in [0.717, 1.165) is 6.92 Å². The number of carboxylic acids is 1. The molecule has 0 unspecified atom stereocenters. The summed E-state index contributed by atoms with van der Waals surface area (Å²) in [5.41, 5.74) is 16.2. The van der Waals surface area contributed by atoms with E-state index < -0.39 is 145 Å². The summed E-state index contributed by atoms with van der Waals surface area (Å²) in [5.74, 6) is -11.4. The second kappa shape index (κ2) is 29.4. The molecule has 25 heteroatoms. The zero-order valence-corrected chi connectivity index (χ0v) is 37.5. The van der Waals surface area contributed by atoms with Gasteiger partial charge in [-0.3, -0.25) is 47.9 Å². The standard InChI is InChI=1S/C39H69N11O14/c1-8-19(5)30(37(61)50-32(21(7)52)38(62)47-25(17-51)36(60)49-31(39(63)64)20(6)9-2)48-29(56)16-43-28(55)15-44-34(58)23(11-13-27(42)54)45-35(59)24(14-18(3)4)46-33(57)22(40)10-12-26(41)53/h18-25,30-32,51-52H,8-17,40H2,1-7H3,(H2,41,53)(H2,42,54)(H,43,55)(H,44,58)(H,45,59)(H,46,57)(H,47,62)(H,48,56)(H,49,60)(H,50,61)(H,63,64)/t19-,20-,21+,22-,23-,24-,25-,30-,31-,32-/m0/s1. The number of primary amides is 2. The topological polar surface area (TPSA) is 423 Å². The highest BCUT2D eigenvalue weighted by atomic mass is 16.4. The number of hydrogen-bond donors (Lipinski definition) is 14. The lowest BCUT2D eigenvalue weighted by atomic mass is 9.97. The van der Waals surface area contributed by atoms with Crippen LogP contribution in [0.15, 0.2) is 0 Å². The van der Waals surface area contributed by atoms with Gasteiger partial charge in [0.15, 0.2) is 0 Å². The molecule has 0 fully saturated rings. The van der Waals surface area contributed by atoms with Crippen molar-refractivity contribution >= 4 is 65.0 Å². The van der Waals surface area contributed by atoms with Gasteiger partial charge in [-0.15, -0.1) is 0 Å². The van der Waals surface area contributed by atoms with E-state index in [-0.39, 0.29) is 38.0 Å². The summed E-state index contributed by atoms with van der Waals surface area (Å²) in [7, 11) is 0. The molecule has 0 heterocycles. The third-order valence-electron chi connectivity index (χ3n) is 10.0. The maximum absolute atomic E-state index is 13.4. The first kappa shape index (κ1) is 58.0. The lowest BCUT2D eigenvalue weighted by molar-refractivity contribution is -0.144. The largest absolute Gasteiger partial charge is 0.480 e. The Bertz CT molecular complexity index is 1650. The van der Waals surface area contributed by atoms with Crippen LogP contribution in [0.1, 0.15) is 93.4 Å². The summed E-state index contributed by atoms with van der Waals surface area (Å²) in [6.07, 6.45) is -1.68. The second-order valence-electron chi connectivity index (χ2n) is 16.0. The number of carbonyl (C=O) groups is 11. The number of aliphatic hydroxyl groups is 2. The second-order valence-corrected chi connectivity index (χ2v) is 16.0. The maximum Gasteiger partial charge on any atom is 0.326 e. The molecule has 64 heavy (non-hydrogen) atoms. The number of nitrogens with two attached hydrogens (primary N) is 3. The van der Waals surface area contributed by atoms with Crippen LogP contribution >= 0.6 is 0 Å². The average molecular weight is 916 g/mol. The normalized spacial score (nSPS) is 15.7. The number of aliphatic carboxylic acids is 1. The molecule has 10 amide bonds. The summed E-state index contributed by atoms with van der Waals surface area (Å²) < 4.78 is 0. The van der Waals surface area contributed by atoms with Crippen molar-refractivity contribution in [2.45, 2.75) is 142 Å². The fraction of sp³-hybridized carbons (Fsp3) is 0.718. The van der Waals surface area contributed by atoms with Crippen LogP contribution in [0, 0.1) is 17.8 Å². The summed E-state index contributed by atoms with van der Waals surface area (Å²) >= 11 is 0. The quantitative estimate of drug-likeness (QED) is 0.0309. The lowest BCUT2D eigenvalue weighted by Crippen LogP contribution is -2.62. The Morgan fingerprint density at radius 1 is 0.531 bits per heavy atom. The fourth-order valence-corrected chi connectivity index (χ4v) is 5.74. The Balaban J connectivity index is 5.70. The van der Waals surface area contributed by atoms with Crippen LogP contribution in [0.4, 0.5) is 0 Å². The van der Waals surface area contributed by atoms with E-state index in [9.17, 15) is 68.1 Å². The van der Waals surface area contributed by atoms with Gasteiger partial charge in [0.25, 0.3) is 0 Å². The molecule has 0 saturated heterocycles. The lowest BCUT2D eigenvalue weighted by Gasteiger charge is -2.29. The van der Waals surface area contributed by atoms with Gasteiger partial charge in [-0.1, -0.05) is 54.4 Å². The van der Waals surface area contributed by atoms with Gasteiger partial charge in [-0.25, -0.2) is 4.79 Å². The zero-order valence-electron chi connectivity index (χ0n) is 37.5. The summed E-state index contributed by atoms with van der Waals surface area (Å²) in [6.45, 7) is 8.85. The summed E-state index contributed by atoms with van der Waals surface area (Å²) in [6, 6.07) is -9.84. The van der Waals surface area contributed by atoms with Gasteiger partial charge in [-0.2, -0.15) is 0 Å². The molecule has 0 aliphatic carbocycles. The van der Waals surface area contributed by atoms with E-state index in [1.807, 2.05) is 0 Å². The van der Waals surface area contributed by atoms with Crippen LogP contribution in [0.5, 0.6) is 0 Å². The number of amides is 10. The molecule has 10 atom stereocenters. The van der Waals surface area contributed by atoms with E-state index in [1.54, 1.807) is 41.5 Å². The van der Waals surface area contributed by atoms with Gasteiger partial charge in [0, 0.05) is 12.8 Å². The molecule has 0 aliphatic heterocycles. The van der Waals surface area contributed by atoms with Crippen molar-refractivity contribution in [3.63, 3.8) is 0 Å². The van der Waals surface area contributed by atoms with Crippen molar-refractivity contribution in [1.29, 1.82) is 0 Å². The number of aliphatic hydroxyl groups excluding tert-OH is 2. The Morgan fingerprint density at radius 3 is 1.50 bits per heavy atom. The smallest absolute Gasteiger partial charge is 0.326 e. The van der Waals surface area contributed by atoms with Gasteiger partial charge < -0.3 is 75.1 Å². The van der Waals surface area contributed by atoms with Crippen molar-refractivity contribution in [2.75, 3.05) is 19.7 Å². The molecule has 0 radical (unpaired) electrons. The van der Waals surface area contributed by atoms with Crippen molar-refractivity contribution < 1.29 is 68.1 Å². The van der Waals surface area contributed by atoms with Gasteiger partial charge in [-0.05, 0) is 43.9 Å². The third kappa shape index (κ3) is 21.9. The molecule has 25 nitrogen and oxygen atoms in total. The number of hydrogen-bond acceptors (Lipinski definition) is 14. The minimum Gasteiger partial charge on any atom is -0.480 e. The van der Waals surface area contributed by atoms with E-state index >= 15 is 0 Å². The predicted molar refractivity (Wildman–Crippen MR) is 227 cm³/mol. The molecule has 17 N–H and O–H groups in total. The number of carbonyl (C=O) groups excluding carboxylic acids is 10. The minimum absolute atomic E-state index is 0.0841. The molecule has 0 bridgehead atoms. The number of carboxylic acid groups (broad SMARTS) is 1. The molecule has 0 aromatic carbocycles. The van der Waals surface area contributed by atoms with Crippen LogP contribution in [-0.4, -0.2) is 148 Å². The molecule has 0 saturated carbocycles. The van der Waals surface area contributed by atoms with Crippen molar-refractivity contribution in [1.82, 2.24) is 42.5 Å². The van der Waals surface area contributed by atoms with Crippen LogP contribution < -0.4 is 59.7 Å². The number of rotatable bonds is 31. The maximum atomic E-state index is 13.4. The van der Waals surface area contributed by atoms with Crippen LogP contribution in [0.3, 0.4) is 0 Å². The monoisotopic (exact) mass is 916 g/mol. The SMILES string of the molecule is CC[C@H](C)[C@H](NC(=O)[C@H](CO)NC(=O)[C@@H](NC(=O)[C@@H](NC(=O)CNC(=O)CNC(=O)[C@H](CCC(N)=O)NC(=O)[C@H](CC(C)C)NC(=O)[C@@H](N)CCC(N)=O)[C@@H](C)CC)[C@@H](C)O)C(=O)O. The molecule has 0 aromatic heterocycles. The minimum atomic E-state index is -1.72. The molecular weight excluding hydrogens is 846 g/mol. The van der Waals surface area contributed by atoms with Gasteiger partial charge >= 0.3 is 5.97 Å². The van der Waals surface area contributed by atoms with E-state index in [4.69, 9.17) is 17.2 Å². The Morgan fingerprint density at radius 2 is 1.00 bits per heavy atom. The highest BCUT2D eigenvalue weighted by Crippen LogP contribution is 2.11. The fourth-order valence-electron chi connectivity index (χ4n) is 5.74. The van der Waals surface area contributed by atoms with Crippen LogP contribution in [0.2, 0.25) is 0 Å². The van der Waals surface area contributed by atoms with Gasteiger partial charge in [0.2, 0.25) is 59.1 Å². The highest BCUT2D eigenvalue weighted by Gasteiger charge is 2.35. The van der Waals surface area contributed by atoms with Gasteiger partial charge in [0.1, 0.15) is 36.3 Å². The first-order chi connectivity index (χ1) is 29.8. The molecule has 364 valence electrons. The molecule has 0 spiro atoms. The highest BCUT2D eigenvalue weighted by molar-refractivity contribution is 5.97. The Hall–Kier alpha value is -5.95. The van der Waals surface area contributed by atoms with E-state index in [2.05, 4.69) is 42.5 Å². The van der Waals surface area contributed by atoms with E-state index in [0.29, 0.717) is 12.8 Å². The first-order valence-electron chi connectivity index (χ1n) is 21.0. The molecule has 0 rings (SSSR count). The molecular formula is C39H69N11O14. The predicted octanol–water partition coefficient (Wildman–Crippen LogP) is -5.42. The number of nitrogens with one attached hydrogen (secondary N) is 8. The molecule has 0 aromatic rings. The van der Waals surface area contributed by atoms with Gasteiger partial charge in [0.05, 0.1) is 31.8 Å². The van der Waals surface area contributed by atoms with Crippen LogP contribution in [0.25, 0.3) is 0 Å². The van der Waals surface area contributed by atoms with Crippen molar-refractivity contribution in [2.24, 2.45) is 35.0 Å². The van der Waals surface area contributed by atoms with E-state index in [1.165, 1.54) is 0 Å². The van der Waals surface area contributed by atoms with Crippen molar-refractivity contribution in [3.05, 3.63) is 0 Å². The summed E-state index contributed by atoms with van der Waals surface area (Å²) in [4.78, 5) is 139. The first-order valence-corrected chi connectivity index (χ1v) is 21.0. The van der Waals surface area contributed by atoms with Crippen LogP contribution in [-0.2, 0) is 52.7 Å². The zero-order chi connectivity index (χ0) is 49.4. The summed E-state index contributed by atoms with van der Waals surface area (Å²) in [5, 5.41) is 48.4. The Kier molecular flexibility index (Phi) is 26.7.